The van der Waals surface area contributed by atoms with Gasteiger partial charge in [-0.05, 0) is 24.3 Å². The van der Waals surface area contributed by atoms with Gasteiger partial charge in [-0.1, -0.05) is 30.3 Å². The minimum absolute atomic E-state index is 0.234. The van der Waals surface area contributed by atoms with Crippen molar-refractivity contribution in [2.24, 2.45) is 5.92 Å². The lowest BCUT2D eigenvalue weighted by Gasteiger charge is -2.62. The van der Waals surface area contributed by atoms with Gasteiger partial charge >= 0.3 is 0 Å². The van der Waals surface area contributed by atoms with Crippen molar-refractivity contribution >= 4 is 5.91 Å². The highest BCUT2D eigenvalue weighted by Crippen LogP contribution is 2.46. The molecule has 0 spiro atoms. The van der Waals surface area contributed by atoms with E-state index in [9.17, 15) is 4.79 Å². The normalized spacial score (nSPS) is 32.9. The molecule has 4 fully saturated rings. The molecule has 106 valence electrons. The summed E-state index contributed by atoms with van der Waals surface area (Å²) >= 11 is 0. The lowest BCUT2D eigenvalue weighted by molar-refractivity contribution is -0.145. The molecule has 1 amide bonds. The minimum atomic E-state index is 0.234. The average Bonchev–Trinajstić information content (AvgIpc) is 3.29. The highest BCUT2D eigenvalue weighted by Gasteiger charge is 2.54. The predicted octanol–water partition coefficient (Wildman–Crippen LogP) is 2.10. The van der Waals surface area contributed by atoms with Crippen molar-refractivity contribution in [3.05, 3.63) is 35.9 Å². The van der Waals surface area contributed by atoms with Crippen LogP contribution in [0.4, 0.5) is 0 Å². The summed E-state index contributed by atoms with van der Waals surface area (Å²) in [5.74, 6) is 1.80. The average molecular weight is 270 g/mol. The summed E-state index contributed by atoms with van der Waals surface area (Å²) in [7, 11) is 0. The zero-order valence-electron chi connectivity index (χ0n) is 12.0. The second-order valence-electron chi connectivity index (χ2n) is 6.64. The third-order valence-electron chi connectivity index (χ3n) is 5.29. The van der Waals surface area contributed by atoms with E-state index in [1.54, 1.807) is 6.92 Å². The van der Waals surface area contributed by atoms with Gasteiger partial charge in [0.15, 0.2) is 0 Å². The first kappa shape index (κ1) is 12.4. The Morgan fingerprint density at radius 2 is 1.80 bits per heavy atom. The fraction of sp³-hybridized carbons (Fsp3) is 0.588. The van der Waals surface area contributed by atoms with E-state index in [0.29, 0.717) is 18.0 Å². The summed E-state index contributed by atoms with van der Waals surface area (Å²) < 4.78 is 0. The molecule has 0 radical (unpaired) electrons. The van der Waals surface area contributed by atoms with Gasteiger partial charge in [0, 0.05) is 44.6 Å². The number of nitrogens with zero attached hydrogens (tertiary/aromatic N) is 2. The fourth-order valence-electron chi connectivity index (χ4n) is 4.02. The Bertz CT molecular complexity index is 497. The maximum Gasteiger partial charge on any atom is 0.219 e. The Hall–Kier alpha value is -1.35. The topological polar surface area (TPSA) is 23.6 Å². The molecule has 5 rings (SSSR count). The number of hydrogen-bond donors (Lipinski definition) is 0. The van der Waals surface area contributed by atoms with Crippen molar-refractivity contribution in [3.8, 4) is 0 Å². The molecular weight excluding hydrogens is 248 g/mol. The Morgan fingerprint density at radius 3 is 2.35 bits per heavy atom. The number of carbonyl (C=O) groups is 1. The summed E-state index contributed by atoms with van der Waals surface area (Å²) in [6.45, 7) is 4.79. The molecular formula is C17H22N2O. The number of amides is 1. The van der Waals surface area contributed by atoms with Gasteiger partial charge in [0.1, 0.15) is 0 Å². The first-order chi connectivity index (χ1) is 9.74. The van der Waals surface area contributed by atoms with Gasteiger partial charge in [0.2, 0.25) is 5.91 Å². The molecule has 3 nitrogen and oxygen atoms in total. The van der Waals surface area contributed by atoms with Crippen molar-refractivity contribution in [3.63, 3.8) is 0 Å². The molecule has 3 atom stereocenters. The van der Waals surface area contributed by atoms with Crippen LogP contribution in [0.2, 0.25) is 0 Å². The van der Waals surface area contributed by atoms with Crippen molar-refractivity contribution in [1.82, 2.24) is 9.80 Å². The highest BCUT2D eigenvalue weighted by molar-refractivity contribution is 5.73. The first-order valence-corrected chi connectivity index (χ1v) is 7.80. The summed E-state index contributed by atoms with van der Waals surface area (Å²) in [5, 5.41) is 0. The van der Waals surface area contributed by atoms with Gasteiger partial charge < -0.3 is 4.90 Å². The minimum Gasteiger partial charge on any atom is -0.340 e. The van der Waals surface area contributed by atoms with Crippen LogP contribution in [0, 0.1) is 5.92 Å². The van der Waals surface area contributed by atoms with Crippen molar-refractivity contribution in [1.29, 1.82) is 0 Å². The maximum atomic E-state index is 11.7. The number of piperazine rings is 1. The number of piperidine rings is 1. The summed E-state index contributed by atoms with van der Waals surface area (Å²) in [6.07, 6.45) is 2.81. The molecule has 0 aromatic heterocycles. The van der Waals surface area contributed by atoms with Gasteiger partial charge in [-0.15, -0.1) is 0 Å². The van der Waals surface area contributed by atoms with E-state index in [2.05, 4.69) is 35.2 Å². The van der Waals surface area contributed by atoms with Crippen LogP contribution in [-0.4, -0.2) is 47.4 Å². The quantitative estimate of drug-likeness (QED) is 0.839. The first-order valence-electron chi connectivity index (χ1n) is 7.80. The smallest absolute Gasteiger partial charge is 0.219 e. The summed E-state index contributed by atoms with van der Waals surface area (Å²) in [4.78, 5) is 16.4. The van der Waals surface area contributed by atoms with Crippen molar-refractivity contribution in [2.45, 2.75) is 37.8 Å². The number of carbonyl (C=O) groups excluding carboxylic acids is 1. The van der Waals surface area contributed by atoms with Crippen LogP contribution in [0.15, 0.2) is 30.3 Å². The van der Waals surface area contributed by atoms with E-state index >= 15 is 0 Å². The second kappa shape index (κ2) is 4.59. The second-order valence-corrected chi connectivity index (χ2v) is 6.64. The number of benzene rings is 1. The lowest BCUT2D eigenvalue weighted by Crippen LogP contribution is -2.73. The zero-order chi connectivity index (χ0) is 13.7. The van der Waals surface area contributed by atoms with Crippen LogP contribution in [0.1, 0.15) is 31.2 Å². The predicted molar refractivity (Wildman–Crippen MR) is 78.4 cm³/mol. The van der Waals surface area contributed by atoms with Crippen LogP contribution in [0.5, 0.6) is 0 Å². The molecule has 3 heterocycles. The SMILES string of the molecule is CC(=O)N1C[C@@H]2C(c3ccccc3)[C@H](C1)N2CC1CC1. The zero-order valence-corrected chi connectivity index (χ0v) is 12.0. The third-order valence-corrected chi connectivity index (χ3v) is 5.29. The van der Waals surface area contributed by atoms with E-state index in [0.717, 1.165) is 19.0 Å². The molecule has 3 saturated heterocycles. The lowest BCUT2D eigenvalue weighted by atomic mass is 9.71. The Balaban J connectivity index is 1.55. The van der Waals surface area contributed by atoms with Crippen LogP contribution >= 0.6 is 0 Å². The molecule has 1 aliphatic carbocycles. The molecule has 1 aromatic rings. The van der Waals surface area contributed by atoms with E-state index in [-0.39, 0.29) is 5.91 Å². The molecule has 3 aliphatic heterocycles. The van der Waals surface area contributed by atoms with E-state index in [1.165, 1.54) is 24.9 Å². The number of rotatable bonds is 3. The van der Waals surface area contributed by atoms with Crippen molar-refractivity contribution < 1.29 is 4.79 Å². The van der Waals surface area contributed by atoms with Gasteiger partial charge in [-0.2, -0.15) is 0 Å². The molecule has 2 bridgehead atoms. The van der Waals surface area contributed by atoms with E-state index in [4.69, 9.17) is 0 Å². The van der Waals surface area contributed by atoms with Crippen LogP contribution in [0.3, 0.4) is 0 Å². The van der Waals surface area contributed by atoms with Gasteiger partial charge in [-0.25, -0.2) is 0 Å². The van der Waals surface area contributed by atoms with E-state index < -0.39 is 0 Å². The molecule has 3 heteroatoms. The largest absolute Gasteiger partial charge is 0.340 e. The Kier molecular flexibility index (Phi) is 2.84. The van der Waals surface area contributed by atoms with Gasteiger partial charge in [0.05, 0.1) is 0 Å². The molecule has 20 heavy (non-hydrogen) atoms. The summed E-state index contributed by atoms with van der Waals surface area (Å²) in [5.41, 5.74) is 1.46. The maximum absolute atomic E-state index is 11.7. The van der Waals surface area contributed by atoms with Crippen LogP contribution < -0.4 is 0 Å². The Morgan fingerprint density at radius 1 is 1.15 bits per heavy atom. The third kappa shape index (κ3) is 1.96. The number of fused-ring (bicyclic) bond motifs is 2. The monoisotopic (exact) mass is 270 g/mol. The standard InChI is InChI=1S/C17H22N2O/c1-12(20)18-10-15-17(14-5-3-2-4-6-14)16(11-18)19(15)9-13-7-8-13/h2-6,13,15-17H,7-11H2,1H3/t15-,16+,17?. The molecule has 1 unspecified atom stereocenters. The molecule has 1 saturated carbocycles. The molecule has 4 aliphatic rings. The Labute approximate surface area is 120 Å². The number of hydrogen-bond acceptors (Lipinski definition) is 2. The highest BCUT2D eigenvalue weighted by atomic mass is 16.2. The van der Waals surface area contributed by atoms with Gasteiger partial charge in [-0.3, -0.25) is 9.69 Å². The molecule has 0 N–H and O–H groups in total. The van der Waals surface area contributed by atoms with Crippen LogP contribution in [-0.2, 0) is 4.79 Å². The van der Waals surface area contributed by atoms with Gasteiger partial charge in [0.25, 0.3) is 0 Å². The van der Waals surface area contributed by atoms with Crippen molar-refractivity contribution in [2.75, 3.05) is 19.6 Å². The van der Waals surface area contributed by atoms with Crippen LogP contribution in [0.25, 0.3) is 0 Å². The molecule has 1 aromatic carbocycles. The summed E-state index contributed by atoms with van der Waals surface area (Å²) in [6, 6.07) is 11.9. The fourth-order valence-corrected chi connectivity index (χ4v) is 4.02. The van der Waals surface area contributed by atoms with E-state index in [1.807, 2.05) is 4.90 Å².